The van der Waals surface area contributed by atoms with E-state index in [1.807, 2.05) is 0 Å². The number of esters is 1. The number of hydrogen-bond donors (Lipinski definition) is 1. The van der Waals surface area contributed by atoms with Gasteiger partial charge in [0.25, 0.3) is 0 Å². The Morgan fingerprint density at radius 3 is 2.24 bits per heavy atom. The molecule has 0 fully saturated rings. The van der Waals surface area contributed by atoms with E-state index in [0.29, 0.717) is 0 Å². The van der Waals surface area contributed by atoms with Gasteiger partial charge in [-0.3, -0.25) is 4.79 Å². The number of benzene rings is 1. The lowest BCUT2D eigenvalue weighted by Crippen LogP contribution is -2.38. The summed E-state index contributed by atoms with van der Waals surface area (Å²) in [5, 5.41) is 0. The third-order valence-electron chi connectivity index (χ3n) is 2.80. The minimum absolute atomic E-state index is 0.303. The highest BCUT2D eigenvalue weighted by atomic mass is 19.1. The van der Waals surface area contributed by atoms with Gasteiger partial charge in [-0.1, -0.05) is 6.07 Å². The first kappa shape index (κ1) is 13.6. The highest BCUT2D eigenvalue weighted by Crippen LogP contribution is 2.34. The number of ether oxygens (including phenoxy) is 1. The molecule has 0 amide bonds. The lowest BCUT2D eigenvalue weighted by molar-refractivity contribution is -0.152. The Kier molecular flexibility index (Phi) is 3.83. The number of rotatable bonds is 3. The fourth-order valence-corrected chi connectivity index (χ4v) is 1.56. The SMILES string of the molecule is COC(=O)C(C)(C)[C@@H](N)c1c(F)cccc1F. The Hall–Kier alpha value is -1.49. The van der Waals surface area contributed by atoms with Crippen molar-refractivity contribution in [3.63, 3.8) is 0 Å². The van der Waals surface area contributed by atoms with Crippen molar-refractivity contribution in [2.24, 2.45) is 11.1 Å². The van der Waals surface area contributed by atoms with Crippen molar-refractivity contribution in [2.75, 3.05) is 7.11 Å². The standard InChI is InChI=1S/C12H15F2NO2/c1-12(2,11(16)17-3)10(15)9-7(13)5-4-6-8(9)14/h4-6,10H,15H2,1-3H3/t10-/m0/s1. The largest absolute Gasteiger partial charge is 0.469 e. The van der Waals surface area contributed by atoms with Gasteiger partial charge < -0.3 is 10.5 Å². The van der Waals surface area contributed by atoms with Crippen LogP contribution in [0.15, 0.2) is 18.2 Å². The van der Waals surface area contributed by atoms with Crippen molar-refractivity contribution < 1.29 is 18.3 Å². The monoisotopic (exact) mass is 243 g/mol. The topological polar surface area (TPSA) is 52.3 Å². The van der Waals surface area contributed by atoms with Gasteiger partial charge in [-0.05, 0) is 26.0 Å². The quantitative estimate of drug-likeness (QED) is 0.828. The lowest BCUT2D eigenvalue weighted by atomic mass is 9.80. The Labute approximate surface area is 98.6 Å². The lowest BCUT2D eigenvalue weighted by Gasteiger charge is -2.29. The van der Waals surface area contributed by atoms with Gasteiger partial charge in [0, 0.05) is 5.56 Å². The molecule has 0 aliphatic heterocycles. The van der Waals surface area contributed by atoms with Crippen LogP contribution in [0.25, 0.3) is 0 Å². The van der Waals surface area contributed by atoms with E-state index in [1.165, 1.54) is 27.0 Å². The summed E-state index contributed by atoms with van der Waals surface area (Å²) in [6.07, 6.45) is 0. The van der Waals surface area contributed by atoms with Gasteiger partial charge in [0.05, 0.1) is 18.6 Å². The van der Waals surface area contributed by atoms with Gasteiger partial charge in [-0.2, -0.15) is 0 Å². The molecule has 0 radical (unpaired) electrons. The maximum absolute atomic E-state index is 13.5. The molecule has 17 heavy (non-hydrogen) atoms. The third-order valence-corrected chi connectivity index (χ3v) is 2.80. The molecule has 5 heteroatoms. The third kappa shape index (κ3) is 2.44. The molecule has 0 aliphatic carbocycles. The van der Waals surface area contributed by atoms with Crippen LogP contribution in [0.5, 0.6) is 0 Å². The Morgan fingerprint density at radius 1 is 1.35 bits per heavy atom. The zero-order valence-electron chi connectivity index (χ0n) is 9.96. The van der Waals surface area contributed by atoms with Crippen LogP contribution in [-0.4, -0.2) is 13.1 Å². The number of carbonyl (C=O) groups is 1. The molecule has 3 nitrogen and oxygen atoms in total. The van der Waals surface area contributed by atoms with Crippen molar-refractivity contribution in [2.45, 2.75) is 19.9 Å². The minimum atomic E-state index is -1.21. The number of nitrogens with two attached hydrogens (primary N) is 1. The van der Waals surface area contributed by atoms with E-state index in [1.54, 1.807) is 0 Å². The summed E-state index contributed by atoms with van der Waals surface area (Å²) < 4.78 is 31.6. The summed E-state index contributed by atoms with van der Waals surface area (Å²) in [5.74, 6) is -2.16. The Balaban J connectivity index is 3.21. The normalized spacial score (nSPS) is 13.3. The van der Waals surface area contributed by atoms with Crippen molar-refractivity contribution in [1.82, 2.24) is 0 Å². The fraction of sp³-hybridized carbons (Fsp3) is 0.417. The van der Waals surface area contributed by atoms with Gasteiger partial charge in [0.1, 0.15) is 11.6 Å². The average Bonchev–Trinajstić information content (AvgIpc) is 2.27. The van der Waals surface area contributed by atoms with E-state index in [2.05, 4.69) is 4.74 Å². The second-order valence-electron chi connectivity index (χ2n) is 4.33. The molecule has 1 aromatic carbocycles. The van der Waals surface area contributed by atoms with Crippen LogP contribution in [0.4, 0.5) is 8.78 Å². The highest BCUT2D eigenvalue weighted by Gasteiger charge is 2.39. The van der Waals surface area contributed by atoms with Crippen molar-refractivity contribution in [3.05, 3.63) is 35.4 Å². The molecule has 1 atom stereocenters. The predicted molar refractivity (Wildman–Crippen MR) is 59.1 cm³/mol. The minimum Gasteiger partial charge on any atom is -0.469 e. The molecule has 0 aromatic heterocycles. The molecule has 0 spiro atoms. The molecule has 0 saturated carbocycles. The highest BCUT2D eigenvalue weighted by molar-refractivity contribution is 5.77. The summed E-state index contributed by atoms with van der Waals surface area (Å²) in [6.45, 7) is 2.96. The molecule has 0 bridgehead atoms. The van der Waals surface area contributed by atoms with Crippen LogP contribution < -0.4 is 5.73 Å². The number of hydrogen-bond acceptors (Lipinski definition) is 3. The van der Waals surface area contributed by atoms with E-state index in [0.717, 1.165) is 12.1 Å². The summed E-state index contributed by atoms with van der Waals surface area (Å²) in [4.78, 5) is 11.5. The zero-order chi connectivity index (χ0) is 13.2. The van der Waals surface area contributed by atoms with E-state index in [9.17, 15) is 13.6 Å². The maximum atomic E-state index is 13.5. The van der Waals surface area contributed by atoms with Crippen LogP contribution in [0.3, 0.4) is 0 Å². The van der Waals surface area contributed by atoms with Gasteiger partial charge in [-0.25, -0.2) is 8.78 Å². The van der Waals surface area contributed by atoms with E-state index >= 15 is 0 Å². The van der Waals surface area contributed by atoms with Gasteiger partial charge in [0.2, 0.25) is 0 Å². The Bertz CT molecular complexity index is 412. The van der Waals surface area contributed by atoms with Gasteiger partial charge in [0.15, 0.2) is 0 Å². The molecule has 94 valence electrons. The molecular weight excluding hydrogens is 228 g/mol. The smallest absolute Gasteiger partial charge is 0.313 e. The molecule has 0 unspecified atom stereocenters. The average molecular weight is 243 g/mol. The van der Waals surface area contributed by atoms with E-state index in [4.69, 9.17) is 5.73 Å². The summed E-state index contributed by atoms with van der Waals surface area (Å²) >= 11 is 0. The summed E-state index contributed by atoms with van der Waals surface area (Å²) in [7, 11) is 1.20. The second-order valence-corrected chi connectivity index (χ2v) is 4.33. The molecule has 1 rings (SSSR count). The molecule has 0 heterocycles. The van der Waals surface area contributed by atoms with Crippen LogP contribution >= 0.6 is 0 Å². The first-order valence-corrected chi connectivity index (χ1v) is 5.10. The zero-order valence-corrected chi connectivity index (χ0v) is 9.96. The summed E-state index contributed by atoms with van der Waals surface area (Å²) in [6, 6.07) is 2.33. The maximum Gasteiger partial charge on any atom is 0.313 e. The number of carbonyl (C=O) groups excluding carboxylic acids is 1. The van der Waals surface area contributed by atoms with Crippen LogP contribution in [0.2, 0.25) is 0 Å². The molecular formula is C12H15F2NO2. The first-order valence-electron chi connectivity index (χ1n) is 5.10. The van der Waals surface area contributed by atoms with E-state index in [-0.39, 0.29) is 5.56 Å². The summed E-state index contributed by atoms with van der Waals surface area (Å²) in [5.41, 5.74) is 4.26. The van der Waals surface area contributed by atoms with Crippen molar-refractivity contribution in [1.29, 1.82) is 0 Å². The van der Waals surface area contributed by atoms with Gasteiger partial charge in [-0.15, -0.1) is 0 Å². The van der Waals surface area contributed by atoms with Crippen LogP contribution in [0.1, 0.15) is 25.5 Å². The number of methoxy groups -OCH3 is 1. The van der Waals surface area contributed by atoms with Crippen molar-refractivity contribution >= 4 is 5.97 Å². The van der Waals surface area contributed by atoms with Crippen LogP contribution in [0, 0.1) is 17.0 Å². The molecule has 0 saturated heterocycles. The molecule has 1 aromatic rings. The first-order chi connectivity index (χ1) is 7.82. The van der Waals surface area contributed by atoms with Crippen molar-refractivity contribution in [3.8, 4) is 0 Å². The van der Waals surface area contributed by atoms with E-state index < -0.39 is 29.1 Å². The molecule has 0 aliphatic rings. The van der Waals surface area contributed by atoms with Crippen LogP contribution in [-0.2, 0) is 9.53 Å². The second kappa shape index (κ2) is 4.79. The van der Waals surface area contributed by atoms with Gasteiger partial charge >= 0.3 is 5.97 Å². The molecule has 2 N–H and O–H groups in total. The fourth-order valence-electron chi connectivity index (χ4n) is 1.56. The number of halogens is 2. The Morgan fingerprint density at radius 2 is 1.82 bits per heavy atom. The predicted octanol–water partition coefficient (Wildman–Crippen LogP) is 2.16.